The first kappa shape index (κ1) is 7.92. The van der Waals surface area contributed by atoms with Gasteiger partial charge in [0.1, 0.15) is 6.34 Å². The smallest absolute Gasteiger partial charge is 0.115 e. The van der Waals surface area contributed by atoms with Crippen LogP contribution in [0.5, 0.6) is 0 Å². The fraction of sp³-hybridized carbons (Fsp3) is 0.333. The Kier molecular flexibility index (Phi) is 1.21. The van der Waals surface area contributed by atoms with Crippen LogP contribution < -0.4 is 0 Å². The molecule has 70 valence electrons. The van der Waals surface area contributed by atoms with Gasteiger partial charge in [0.15, 0.2) is 0 Å². The van der Waals surface area contributed by atoms with Crippen LogP contribution in [-0.2, 0) is 0 Å². The molecule has 2 unspecified atom stereocenters. The standard InChI is InChI=1S/C12H12N2/c1-11-5-3-9-7-13-8-14-10(4-6-11)12(9,11)2/h3-8H,1-2H3. The molecule has 1 heterocycles. The number of rotatable bonds is 0. The molecule has 0 spiro atoms. The summed E-state index contributed by atoms with van der Waals surface area (Å²) >= 11 is 0. The summed E-state index contributed by atoms with van der Waals surface area (Å²) in [6.07, 6.45) is 12.3. The fourth-order valence-corrected chi connectivity index (χ4v) is 2.53. The van der Waals surface area contributed by atoms with Crippen LogP contribution in [0.2, 0.25) is 0 Å². The SMILES string of the molecule is CC12C=CC3=CN=CN=C(C=C1)C32C. The molecule has 0 aromatic carbocycles. The molecule has 14 heavy (non-hydrogen) atoms. The topological polar surface area (TPSA) is 24.7 Å². The van der Waals surface area contributed by atoms with Crippen LogP contribution in [0.15, 0.2) is 46.1 Å². The summed E-state index contributed by atoms with van der Waals surface area (Å²) < 4.78 is 0. The third-order valence-electron chi connectivity index (χ3n) is 3.84. The molecule has 3 aliphatic rings. The number of hydrogen-bond acceptors (Lipinski definition) is 2. The van der Waals surface area contributed by atoms with Crippen molar-refractivity contribution < 1.29 is 0 Å². The highest BCUT2D eigenvalue weighted by molar-refractivity contribution is 6.09. The molecule has 0 fully saturated rings. The van der Waals surface area contributed by atoms with Crippen molar-refractivity contribution in [1.82, 2.24) is 0 Å². The van der Waals surface area contributed by atoms with E-state index in [4.69, 9.17) is 0 Å². The third-order valence-corrected chi connectivity index (χ3v) is 3.84. The maximum Gasteiger partial charge on any atom is 0.115 e. The van der Waals surface area contributed by atoms with Crippen LogP contribution >= 0.6 is 0 Å². The minimum absolute atomic E-state index is 0.00347. The van der Waals surface area contributed by atoms with Crippen molar-refractivity contribution in [2.75, 3.05) is 0 Å². The van der Waals surface area contributed by atoms with Crippen LogP contribution in [0.25, 0.3) is 0 Å². The Labute approximate surface area is 83.5 Å². The maximum atomic E-state index is 4.39. The Morgan fingerprint density at radius 1 is 1.14 bits per heavy atom. The predicted octanol–water partition coefficient (Wildman–Crippen LogP) is 2.51. The zero-order valence-corrected chi connectivity index (χ0v) is 8.36. The van der Waals surface area contributed by atoms with Crippen molar-refractivity contribution in [1.29, 1.82) is 0 Å². The largest absolute Gasteiger partial charge is 0.245 e. The van der Waals surface area contributed by atoms with Gasteiger partial charge in [0.2, 0.25) is 0 Å². The normalized spacial score (nSPS) is 42.1. The van der Waals surface area contributed by atoms with E-state index in [1.54, 1.807) is 6.34 Å². The van der Waals surface area contributed by atoms with E-state index in [0.29, 0.717) is 0 Å². The Balaban J connectivity index is 2.34. The fourth-order valence-electron chi connectivity index (χ4n) is 2.53. The van der Waals surface area contributed by atoms with E-state index in [1.807, 2.05) is 6.20 Å². The van der Waals surface area contributed by atoms with Crippen molar-refractivity contribution in [3.63, 3.8) is 0 Å². The Morgan fingerprint density at radius 3 is 2.79 bits per heavy atom. The summed E-state index contributed by atoms with van der Waals surface area (Å²) in [5, 5.41) is 0. The monoisotopic (exact) mass is 184 g/mol. The second-order valence-electron chi connectivity index (χ2n) is 4.44. The van der Waals surface area contributed by atoms with Crippen LogP contribution in [0, 0.1) is 10.8 Å². The summed E-state index contributed by atoms with van der Waals surface area (Å²) in [6.45, 7) is 4.49. The summed E-state index contributed by atoms with van der Waals surface area (Å²) in [4.78, 5) is 8.54. The van der Waals surface area contributed by atoms with Gasteiger partial charge in [0, 0.05) is 17.0 Å². The van der Waals surface area contributed by atoms with Crippen molar-refractivity contribution in [3.05, 3.63) is 36.1 Å². The van der Waals surface area contributed by atoms with Gasteiger partial charge in [-0.05, 0) is 18.6 Å². The minimum Gasteiger partial charge on any atom is -0.245 e. The number of allylic oxidation sites excluding steroid dienone is 5. The van der Waals surface area contributed by atoms with E-state index in [2.05, 4.69) is 48.1 Å². The van der Waals surface area contributed by atoms with Crippen molar-refractivity contribution in [2.45, 2.75) is 13.8 Å². The molecule has 0 saturated heterocycles. The minimum atomic E-state index is 0.00347. The first-order valence-electron chi connectivity index (χ1n) is 4.86. The molecule has 3 rings (SSSR count). The van der Waals surface area contributed by atoms with E-state index in [1.165, 1.54) is 5.57 Å². The molecule has 0 aromatic rings. The Morgan fingerprint density at radius 2 is 1.93 bits per heavy atom. The average molecular weight is 184 g/mol. The van der Waals surface area contributed by atoms with E-state index in [-0.39, 0.29) is 10.8 Å². The van der Waals surface area contributed by atoms with Crippen LogP contribution in [0.4, 0.5) is 0 Å². The van der Waals surface area contributed by atoms with E-state index in [9.17, 15) is 0 Å². The molecule has 2 nitrogen and oxygen atoms in total. The highest BCUT2D eigenvalue weighted by Crippen LogP contribution is 2.57. The highest BCUT2D eigenvalue weighted by Gasteiger charge is 2.53. The van der Waals surface area contributed by atoms with Gasteiger partial charge in [-0.3, -0.25) is 0 Å². The number of nitrogens with zero attached hydrogens (tertiary/aromatic N) is 2. The van der Waals surface area contributed by atoms with Gasteiger partial charge in [-0.2, -0.15) is 0 Å². The van der Waals surface area contributed by atoms with E-state index < -0.39 is 0 Å². The summed E-state index contributed by atoms with van der Waals surface area (Å²) in [6, 6.07) is 0. The zero-order chi connectivity index (χ0) is 9.81. The molecule has 0 saturated carbocycles. The van der Waals surface area contributed by atoms with Crippen LogP contribution in [-0.4, -0.2) is 12.1 Å². The summed E-state index contributed by atoms with van der Waals surface area (Å²) in [5.74, 6) is 0. The molecule has 0 bridgehead atoms. The summed E-state index contributed by atoms with van der Waals surface area (Å²) in [7, 11) is 0. The van der Waals surface area contributed by atoms with Gasteiger partial charge in [-0.1, -0.05) is 25.2 Å². The molecule has 1 aliphatic heterocycles. The predicted molar refractivity (Wildman–Crippen MR) is 58.5 cm³/mol. The van der Waals surface area contributed by atoms with Gasteiger partial charge in [0.05, 0.1) is 5.71 Å². The molecule has 0 aromatic heterocycles. The summed E-state index contributed by atoms with van der Waals surface area (Å²) in [5.41, 5.74) is 2.48. The van der Waals surface area contributed by atoms with Gasteiger partial charge in [-0.15, -0.1) is 0 Å². The van der Waals surface area contributed by atoms with Crippen molar-refractivity contribution in [2.24, 2.45) is 20.8 Å². The van der Waals surface area contributed by atoms with Crippen LogP contribution in [0.3, 0.4) is 0 Å². The molecule has 2 heteroatoms. The second-order valence-corrected chi connectivity index (χ2v) is 4.44. The van der Waals surface area contributed by atoms with Crippen molar-refractivity contribution in [3.8, 4) is 0 Å². The third kappa shape index (κ3) is 0.649. The Bertz CT molecular complexity index is 413. The molecule has 0 N–H and O–H groups in total. The molecule has 0 radical (unpaired) electrons. The molecule has 2 atom stereocenters. The first-order chi connectivity index (χ1) is 6.67. The lowest BCUT2D eigenvalue weighted by atomic mass is 9.67. The second kappa shape index (κ2) is 2.14. The van der Waals surface area contributed by atoms with E-state index in [0.717, 1.165) is 5.71 Å². The maximum absolute atomic E-state index is 4.39. The lowest BCUT2D eigenvalue weighted by molar-refractivity contribution is 0.364. The highest BCUT2D eigenvalue weighted by atomic mass is 14.9. The number of hydrogen-bond donors (Lipinski definition) is 0. The molecular weight excluding hydrogens is 172 g/mol. The van der Waals surface area contributed by atoms with E-state index >= 15 is 0 Å². The van der Waals surface area contributed by atoms with Gasteiger partial charge >= 0.3 is 0 Å². The zero-order valence-electron chi connectivity index (χ0n) is 8.36. The van der Waals surface area contributed by atoms with Gasteiger partial charge in [0.25, 0.3) is 0 Å². The van der Waals surface area contributed by atoms with Crippen molar-refractivity contribution >= 4 is 12.1 Å². The van der Waals surface area contributed by atoms with Gasteiger partial charge < -0.3 is 0 Å². The van der Waals surface area contributed by atoms with Crippen LogP contribution in [0.1, 0.15) is 13.8 Å². The first-order valence-corrected chi connectivity index (χ1v) is 4.86. The average Bonchev–Trinajstić information content (AvgIpc) is 2.49. The quantitative estimate of drug-likeness (QED) is 0.552. The number of aliphatic imine (C=N–C) groups is 2. The lowest BCUT2D eigenvalue weighted by Crippen LogP contribution is -2.34. The molecular formula is C12H12N2. The molecule has 2 aliphatic carbocycles. The molecule has 0 amide bonds. The lowest BCUT2D eigenvalue weighted by Gasteiger charge is -2.34. The Hall–Kier alpha value is -1.44. The van der Waals surface area contributed by atoms with Gasteiger partial charge in [-0.25, -0.2) is 9.98 Å².